The fourth-order valence-corrected chi connectivity index (χ4v) is 4.17. The smallest absolute Gasteiger partial charge is 0.225 e. The monoisotopic (exact) mass is 464 g/mol. The molecule has 0 aliphatic carbocycles. The van der Waals surface area contributed by atoms with Gasteiger partial charge in [-0.15, -0.1) is 0 Å². The summed E-state index contributed by atoms with van der Waals surface area (Å²) in [6.45, 7) is 7.27. The molecule has 2 atom stereocenters. The van der Waals surface area contributed by atoms with Gasteiger partial charge < -0.3 is 9.64 Å². The Balaban J connectivity index is 1.65. The fraction of sp³-hybridized carbons (Fsp3) is 0.480. The largest absolute Gasteiger partial charge is 0.367 e. The number of hydrogen-bond donors (Lipinski definition) is 0. The summed E-state index contributed by atoms with van der Waals surface area (Å²) in [6, 6.07) is 11.1. The second kappa shape index (κ2) is 11.7. The highest BCUT2D eigenvalue weighted by Gasteiger charge is 2.26. The van der Waals surface area contributed by atoms with E-state index in [2.05, 4.69) is 11.8 Å². The van der Waals surface area contributed by atoms with E-state index in [0.717, 1.165) is 31.5 Å². The first-order chi connectivity index (χ1) is 15.4. The van der Waals surface area contributed by atoms with Crippen LogP contribution in [-0.2, 0) is 16.1 Å². The lowest BCUT2D eigenvalue weighted by molar-refractivity contribution is -0.137. The van der Waals surface area contributed by atoms with Gasteiger partial charge in [0.1, 0.15) is 11.6 Å². The van der Waals surface area contributed by atoms with Crippen LogP contribution in [-0.4, -0.2) is 48.4 Å². The Morgan fingerprint density at radius 3 is 2.28 bits per heavy atom. The summed E-state index contributed by atoms with van der Waals surface area (Å²) in [6.07, 6.45) is 1.51. The Labute approximate surface area is 194 Å². The molecule has 0 N–H and O–H groups in total. The number of amides is 1. The zero-order chi connectivity index (χ0) is 23.1. The van der Waals surface area contributed by atoms with Gasteiger partial charge in [-0.3, -0.25) is 9.69 Å². The topological polar surface area (TPSA) is 32.8 Å². The summed E-state index contributed by atoms with van der Waals surface area (Å²) in [5, 5.41) is 0.612. The molecular weight excluding hydrogens is 434 g/mol. The van der Waals surface area contributed by atoms with E-state index in [1.54, 1.807) is 12.1 Å². The van der Waals surface area contributed by atoms with E-state index in [-0.39, 0.29) is 30.1 Å². The maximum Gasteiger partial charge on any atom is 0.225 e. The van der Waals surface area contributed by atoms with Crippen LogP contribution in [0.5, 0.6) is 0 Å². The molecule has 0 unspecified atom stereocenters. The summed E-state index contributed by atoms with van der Waals surface area (Å²) in [4.78, 5) is 16.8. The van der Waals surface area contributed by atoms with Gasteiger partial charge in [-0.25, -0.2) is 8.78 Å². The minimum Gasteiger partial charge on any atom is -0.367 e. The van der Waals surface area contributed by atoms with Crippen molar-refractivity contribution in [2.45, 2.75) is 39.4 Å². The van der Waals surface area contributed by atoms with Gasteiger partial charge in [0, 0.05) is 49.2 Å². The maximum atomic E-state index is 14.1. The predicted molar refractivity (Wildman–Crippen MR) is 122 cm³/mol. The molecule has 0 bridgehead atoms. The van der Waals surface area contributed by atoms with Crippen LogP contribution in [0.3, 0.4) is 0 Å². The molecule has 1 fully saturated rings. The van der Waals surface area contributed by atoms with Gasteiger partial charge in [0.25, 0.3) is 0 Å². The van der Waals surface area contributed by atoms with Gasteiger partial charge in [-0.05, 0) is 36.2 Å². The Hall–Kier alpha value is -2.02. The lowest BCUT2D eigenvalue weighted by atomic mass is 10.0. The quantitative estimate of drug-likeness (QED) is 0.494. The molecule has 3 rings (SSSR count). The van der Waals surface area contributed by atoms with E-state index in [9.17, 15) is 13.6 Å². The number of hydrogen-bond acceptors (Lipinski definition) is 3. The van der Waals surface area contributed by atoms with Crippen LogP contribution in [0.4, 0.5) is 8.78 Å². The molecule has 1 aliphatic heterocycles. The lowest BCUT2D eigenvalue weighted by Gasteiger charge is -2.37. The molecule has 2 aromatic carbocycles. The van der Waals surface area contributed by atoms with Crippen LogP contribution in [0.2, 0.25) is 5.02 Å². The summed E-state index contributed by atoms with van der Waals surface area (Å²) in [7, 11) is 0. The number of carbonyl (C=O) groups excluding carboxylic acids is 1. The molecule has 174 valence electrons. The zero-order valence-corrected chi connectivity index (χ0v) is 19.5. The molecule has 32 heavy (non-hydrogen) atoms. The van der Waals surface area contributed by atoms with Crippen molar-refractivity contribution in [2.24, 2.45) is 5.92 Å². The van der Waals surface area contributed by atoms with Crippen LogP contribution in [0.25, 0.3) is 0 Å². The SMILES string of the molecule is CCC[C@H](C)C(=O)N1CCN(C[C@@H](OCc2c(F)cccc2F)c2ccc(Cl)cc2)CC1. The molecule has 0 spiro atoms. The zero-order valence-electron chi connectivity index (χ0n) is 18.7. The highest BCUT2D eigenvalue weighted by molar-refractivity contribution is 6.30. The summed E-state index contributed by atoms with van der Waals surface area (Å²) < 4.78 is 34.2. The van der Waals surface area contributed by atoms with E-state index in [4.69, 9.17) is 16.3 Å². The van der Waals surface area contributed by atoms with Gasteiger partial charge in [-0.2, -0.15) is 0 Å². The third-order valence-electron chi connectivity index (χ3n) is 5.98. The highest BCUT2D eigenvalue weighted by Crippen LogP contribution is 2.25. The third-order valence-corrected chi connectivity index (χ3v) is 6.24. The van der Waals surface area contributed by atoms with Crippen molar-refractivity contribution in [3.05, 3.63) is 70.2 Å². The van der Waals surface area contributed by atoms with E-state index >= 15 is 0 Å². The van der Waals surface area contributed by atoms with Crippen molar-refractivity contribution in [2.75, 3.05) is 32.7 Å². The van der Waals surface area contributed by atoms with Crippen molar-refractivity contribution in [1.82, 2.24) is 9.80 Å². The first kappa shape index (κ1) is 24.6. The number of ether oxygens (including phenoxy) is 1. The minimum absolute atomic E-state index is 0.0485. The van der Waals surface area contributed by atoms with Crippen LogP contribution >= 0.6 is 11.6 Å². The molecule has 1 heterocycles. The molecule has 1 saturated heterocycles. The van der Waals surface area contributed by atoms with Gasteiger partial charge in [-0.1, -0.05) is 50.1 Å². The number of benzene rings is 2. The molecule has 4 nitrogen and oxygen atoms in total. The normalized spacial score (nSPS) is 16.7. The van der Waals surface area contributed by atoms with Crippen molar-refractivity contribution in [3.63, 3.8) is 0 Å². The van der Waals surface area contributed by atoms with Gasteiger partial charge >= 0.3 is 0 Å². The summed E-state index contributed by atoms with van der Waals surface area (Å²) >= 11 is 6.03. The van der Waals surface area contributed by atoms with Crippen molar-refractivity contribution in [3.8, 4) is 0 Å². The van der Waals surface area contributed by atoms with Gasteiger partial charge in [0.05, 0.1) is 12.7 Å². The van der Waals surface area contributed by atoms with Gasteiger partial charge in [0.2, 0.25) is 5.91 Å². The number of carbonyl (C=O) groups is 1. The molecule has 0 radical (unpaired) electrons. The Kier molecular flexibility index (Phi) is 9.02. The van der Waals surface area contributed by atoms with Crippen LogP contribution in [0.15, 0.2) is 42.5 Å². The molecule has 0 aromatic heterocycles. The molecule has 1 aliphatic rings. The number of rotatable bonds is 9. The van der Waals surface area contributed by atoms with Crippen LogP contribution < -0.4 is 0 Å². The minimum atomic E-state index is -0.617. The summed E-state index contributed by atoms with van der Waals surface area (Å²) in [5.74, 6) is -0.972. The Bertz CT molecular complexity index is 866. The first-order valence-electron chi connectivity index (χ1n) is 11.2. The average Bonchev–Trinajstić information content (AvgIpc) is 2.78. The Morgan fingerprint density at radius 1 is 1.06 bits per heavy atom. The second-order valence-electron chi connectivity index (χ2n) is 8.37. The molecule has 0 saturated carbocycles. The number of nitrogens with zero attached hydrogens (tertiary/aromatic N) is 2. The number of halogens is 3. The van der Waals surface area contributed by atoms with Crippen molar-refractivity contribution < 1.29 is 18.3 Å². The highest BCUT2D eigenvalue weighted by atomic mass is 35.5. The predicted octanol–water partition coefficient (Wildman–Crippen LogP) is 5.46. The maximum absolute atomic E-state index is 14.1. The standard InChI is InChI=1S/C25H31ClF2N2O2/c1-3-5-18(2)25(31)30-14-12-29(13-15-30)16-24(19-8-10-20(26)11-9-19)32-17-21-22(27)6-4-7-23(21)28/h4,6-11,18,24H,3,5,12-17H2,1-2H3/t18-,24+/m0/s1. The fourth-order valence-electron chi connectivity index (χ4n) is 4.04. The van der Waals surface area contributed by atoms with Gasteiger partial charge in [0.15, 0.2) is 0 Å². The van der Waals surface area contributed by atoms with Crippen LogP contribution in [0, 0.1) is 17.6 Å². The van der Waals surface area contributed by atoms with Crippen LogP contribution in [0.1, 0.15) is 43.9 Å². The second-order valence-corrected chi connectivity index (χ2v) is 8.80. The number of piperazine rings is 1. The third kappa shape index (κ3) is 6.50. The van der Waals surface area contributed by atoms with E-state index < -0.39 is 11.6 Å². The Morgan fingerprint density at radius 2 is 1.69 bits per heavy atom. The van der Waals surface area contributed by atoms with E-state index in [0.29, 0.717) is 24.7 Å². The van der Waals surface area contributed by atoms with Crippen molar-refractivity contribution >= 4 is 17.5 Å². The molecular formula is C25H31ClF2N2O2. The van der Waals surface area contributed by atoms with E-state index in [1.807, 2.05) is 24.0 Å². The van der Waals surface area contributed by atoms with E-state index in [1.165, 1.54) is 18.2 Å². The summed E-state index contributed by atoms with van der Waals surface area (Å²) in [5.41, 5.74) is 0.813. The lowest BCUT2D eigenvalue weighted by Crippen LogP contribution is -2.50. The first-order valence-corrected chi connectivity index (χ1v) is 11.6. The molecule has 1 amide bonds. The van der Waals surface area contributed by atoms with Crippen molar-refractivity contribution in [1.29, 1.82) is 0 Å². The average molecular weight is 465 g/mol. The molecule has 7 heteroatoms. The molecule has 2 aromatic rings.